The van der Waals surface area contributed by atoms with Crippen LogP contribution in [0, 0.1) is 0 Å². The molecule has 0 amide bonds. The fourth-order valence-electron chi connectivity index (χ4n) is 7.55. The highest BCUT2D eigenvalue weighted by Gasteiger charge is 2.52. The maximum Gasteiger partial charge on any atom is 0.132 e. The lowest BCUT2D eigenvalue weighted by atomic mass is 9.64. The average Bonchev–Trinajstić information content (AvgIpc) is 3.39. The Kier molecular flexibility index (Phi) is 5.76. The van der Waals surface area contributed by atoms with Crippen LogP contribution < -0.4 is 9.64 Å². The van der Waals surface area contributed by atoms with Gasteiger partial charge in [0.15, 0.2) is 0 Å². The van der Waals surface area contributed by atoms with Gasteiger partial charge in [0.05, 0.1) is 5.41 Å². The van der Waals surface area contributed by atoms with Crippen molar-refractivity contribution >= 4 is 17.1 Å². The summed E-state index contributed by atoms with van der Waals surface area (Å²) in [4.78, 5) is 2.35. The number of para-hydroxylation sites is 3. The monoisotopic (exact) mass is 575 g/mol. The lowest BCUT2D eigenvalue weighted by molar-refractivity contribution is 0.437. The molecule has 1 heterocycles. The molecule has 7 aromatic carbocycles. The van der Waals surface area contributed by atoms with Crippen molar-refractivity contribution in [3.8, 4) is 33.8 Å². The van der Waals surface area contributed by atoms with E-state index in [0.717, 1.165) is 34.1 Å². The summed E-state index contributed by atoms with van der Waals surface area (Å²) in [5.74, 6) is 1.79. The molecule has 2 aliphatic rings. The standard InChI is InChI=1S/C43H29NO/c1-4-15-30(16-5-1)34-22-14-26-41-42(34)43(38-24-12-13-25-40(38)45-41)37-23-11-10-21-35(37)36-28-27-33(29-39(36)43)44(31-17-6-2-7-18-31)32-19-8-3-9-20-32/h1-29H. The molecule has 1 spiro atoms. The van der Waals surface area contributed by atoms with Gasteiger partial charge in [-0.05, 0) is 81.9 Å². The molecule has 0 saturated heterocycles. The fraction of sp³-hybridized carbons (Fsp3) is 0.0233. The van der Waals surface area contributed by atoms with Gasteiger partial charge in [0.25, 0.3) is 0 Å². The van der Waals surface area contributed by atoms with E-state index in [0.29, 0.717) is 0 Å². The summed E-state index contributed by atoms with van der Waals surface area (Å²) in [5, 5.41) is 0. The van der Waals surface area contributed by atoms with Gasteiger partial charge in [0, 0.05) is 28.2 Å². The van der Waals surface area contributed by atoms with E-state index in [1.807, 2.05) is 0 Å². The number of benzene rings is 7. The quantitative estimate of drug-likeness (QED) is 0.207. The summed E-state index contributed by atoms with van der Waals surface area (Å²) in [6, 6.07) is 63.0. The zero-order chi connectivity index (χ0) is 29.8. The van der Waals surface area contributed by atoms with Crippen molar-refractivity contribution in [1.29, 1.82) is 0 Å². The van der Waals surface area contributed by atoms with Gasteiger partial charge >= 0.3 is 0 Å². The average molecular weight is 576 g/mol. The first-order valence-electron chi connectivity index (χ1n) is 15.4. The molecule has 45 heavy (non-hydrogen) atoms. The Bertz CT molecular complexity index is 2150. The van der Waals surface area contributed by atoms with Crippen molar-refractivity contribution in [2.45, 2.75) is 5.41 Å². The van der Waals surface area contributed by atoms with Crippen LogP contribution in [0.2, 0.25) is 0 Å². The van der Waals surface area contributed by atoms with Gasteiger partial charge in [-0.15, -0.1) is 0 Å². The largest absolute Gasteiger partial charge is 0.457 e. The molecular weight excluding hydrogens is 546 g/mol. The van der Waals surface area contributed by atoms with Crippen molar-refractivity contribution in [2.75, 3.05) is 4.90 Å². The van der Waals surface area contributed by atoms with Crippen LogP contribution in [0.5, 0.6) is 11.5 Å². The maximum atomic E-state index is 6.76. The van der Waals surface area contributed by atoms with Crippen molar-refractivity contribution in [1.82, 2.24) is 0 Å². The molecule has 0 bridgehead atoms. The lowest BCUT2D eigenvalue weighted by Crippen LogP contribution is -2.33. The van der Waals surface area contributed by atoms with E-state index in [2.05, 4.69) is 181 Å². The maximum absolute atomic E-state index is 6.76. The highest BCUT2D eigenvalue weighted by Crippen LogP contribution is 2.64. The van der Waals surface area contributed by atoms with Crippen molar-refractivity contribution in [3.63, 3.8) is 0 Å². The van der Waals surface area contributed by atoms with Crippen LogP contribution in [-0.2, 0) is 5.41 Å². The third-order valence-electron chi connectivity index (χ3n) is 9.31. The van der Waals surface area contributed by atoms with Gasteiger partial charge < -0.3 is 9.64 Å². The Labute approximate surface area is 263 Å². The molecule has 1 atom stereocenters. The minimum atomic E-state index is -0.586. The second-order valence-electron chi connectivity index (χ2n) is 11.7. The second-order valence-corrected chi connectivity index (χ2v) is 11.7. The van der Waals surface area contributed by atoms with Gasteiger partial charge in [-0.2, -0.15) is 0 Å². The van der Waals surface area contributed by atoms with E-state index < -0.39 is 5.41 Å². The highest BCUT2D eigenvalue weighted by atomic mass is 16.5. The van der Waals surface area contributed by atoms with E-state index in [-0.39, 0.29) is 0 Å². The molecule has 0 radical (unpaired) electrons. The zero-order valence-corrected chi connectivity index (χ0v) is 24.6. The number of ether oxygens (including phenoxy) is 1. The Morgan fingerprint density at radius 3 is 1.67 bits per heavy atom. The number of rotatable bonds is 4. The van der Waals surface area contributed by atoms with E-state index in [9.17, 15) is 0 Å². The molecule has 7 aromatic rings. The van der Waals surface area contributed by atoms with Gasteiger partial charge in [-0.25, -0.2) is 0 Å². The molecule has 2 nitrogen and oxygen atoms in total. The summed E-state index contributed by atoms with van der Waals surface area (Å²) in [6.45, 7) is 0. The molecule has 0 saturated carbocycles. The predicted octanol–water partition coefficient (Wildman–Crippen LogP) is 11.3. The molecular formula is C43H29NO. The number of anilines is 3. The van der Waals surface area contributed by atoms with Crippen LogP contribution in [0.25, 0.3) is 22.3 Å². The van der Waals surface area contributed by atoms with E-state index >= 15 is 0 Å². The molecule has 0 aromatic heterocycles. The van der Waals surface area contributed by atoms with E-state index in [4.69, 9.17) is 4.74 Å². The first kappa shape index (κ1) is 25.6. The third-order valence-corrected chi connectivity index (χ3v) is 9.31. The normalized spacial score (nSPS) is 15.4. The molecule has 0 N–H and O–H groups in total. The van der Waals surface area contributed by atoms with Crippen LogP contribution >= 0.6 is 0 Å². The van der Waals surface area contributed by atoms with Crippen LogP contribution in [0.4, 0.5) is 17.1 Å². The molecule has 9 rings (SSSR count). The zero-order valence-electron chi connectivity index (χ0n) is 24.6. The number of nitrogens with zero attached hydrogens (tertiary/aromatic N) is 1. The van der Waals surface area contributed by atoms with Gasteiger partial charge in [0.2, 0.25) is 0 Å². The van der Waals surface area contributed by atoms with E-state index in [1.54, 1.807) is 0 Å². The van der Waals surface area contributed by atoms with Crippen molar-refractivity contribution < 1.29 is 4.74 Å². The van der Waals surface area contributed by atoms with Crippen LogP contribution in [0.3, 0.4) is 0 Å². The number of hydrogen-bond donors (Lipinski definition) is 0. The first-order chi connectivity index (χ1) is 22.3. The summed E-state index contributed by atoms with van der Waals surface area (Å²) in [6.07, 6.45) is 0. The van der Waals surface area contributed by atoms with E-state index in [1.165, 1.54) is 38.9 Å². The SMILES string of the molecule is c1ccc(-c2cccc3c2C2(c4ccccc4O3)c3ccccc3-c3ccc(N(c4ccccc4)c4ccccc4)cc32)cc1. The predicted molar refractivity (Wildman–Crippen MR) is 184 cm³/mol. The highest BCUT2D eigenvalue weighted by molar-refractivity contribution is 5.93. The minimum Gasteiger partial charge on any atom is -0.457 e. The lowest BCUT2D eigenvalue weighted by Gasteiger charge is -2.41. The smallest absolute Gasteiger partial charge is 0.132 e. The van der Waals surface area contributed by atoms with Gasteiger partial charge in [0.1, 0.15) is 11.5 Å². The Morgan fingerprint density at radius 1 is 0.378 bits per heavy atom. The van der Waals surface area contributed by atoms with Crippen LogP contribution in [0.1, 0.15) is 22.3 Å². The minimum absolute atomic E-state index is 0.586. The Hall–Kier alpha value is -5.86. The molecule has 2 heteroatoms. The summed E-state index contributed by atoms with van der Waals surface area (Å²) < 4.78 is 6.76. The van der Waals surface area contributed by atoms with Gasteiger partial charge in [-0.1, -0.05) is 127 Å². The molecule has 1 aliphatic heterocycles. The number of hydrogen-bond acceptors (Lipinski definition) is 2. The summed E-state index contributed by atoms with van der Waals surface area (Å²) in [5.41, 5.74) is 12.5. The summed E-state index contributed by atoms with van der Waals surface area (Å²) in [7, 11) is 0. The van der Waals surface area contributed by atoms with Crippen LogP contribution in [-0.4, -0.2) is 0 Å². The van der Waals surface area contributed by atoms with Crippen molar-refractivity contribution in [2.24, 2.45) is 0 Å². The van der Waals surface area contributed by atoms with Crippen LogP contribution in [0.15, 0.2) is 176 Å². The fourth-order valence-corrected chi connectivity index (χ4v) is 7.55. The summed E-state index contributed by atoms with van der Waals surface area (Å²) >= 11 is 0. The number of fused-ring (bicyclic) bond motifs is 9. The third kappa shape index (κ3) is 3.76. The van der Waals surface area contributed by atoms with Crippen molar-refractivity contribution in [3.05, 3.63) is 198 Å². The first-order valence-corrected chi connectivity index (χ1v) is 15.4. The molecule has 212 valence electrons. The Morgan fingerprint density at radius 2 is 0.933 bits per heavy atom. The van der Waals surface area contributed by atoms with Gasteiger partial charge in [-0.3, -0.25) is 0 Å². The molecule has 0 fully saturated rings. The molecule has 1 aliphatic carbocycles. The second kappa shape index (κ2) is 10.1. The molecule has 1 unspecified atom stereocenters. The topological polar surface area (TPSA) is 12.5 Å². The Balaban J connectivity index is 1.40.